The maximum absolute atomic E-state index is 13.9. The van der Waals surface area contributed by atoms with Gasteiger partial charge in [0.1, 0.15) is 11.6 Å². The molecule has 2 aromatic carbocycles. The zero-order chi connectivity index (χ0) is 18.8. The van der Waals surface area contributed by atoms with Crippen molar-refractivity contribution in [1.82, 2.24) is 14.8 Å². The molecule has 27 heavy (non-hydrogen) atoms. The predicted molar refractivity (Wildman–Crippen MR) is 99.0 cm³/mol. The van der Waals surface area contributed by atoms with Crippen LogP contribution >= 0.6 is 11.3 Å². The fourth-order valence-corrected chi connectivity index (χ4v) is 3.22. The minimum absolute atomic E-state index is 0.126. The molecule has 0 saturated heterocycles. The van der Waals surface area contributed by atoms with Gasteiger partial charge < -0.3 is 0 Å². The van der Waals surface area contributed by atoms with Gasteiger partial charge in [0.25, 0.3) is 5.91 Å². The smallest absolute Gasteiger partial charge is 0.277 e. The number of carbonyl (C=O) groups excluding carboxylic acids is 1. The topological polar surface area (TPSA) is 59.8 Å². The summed E-state index contributed by atoms with van der Waals surface area (Å²) in [6.07, 6.45) is 1.67. The van der Waals surface area contributed by atoms with E-state index in [0.717, 1.165) is 29.2 Å². The third kappa shape index (κ3) is 3.47. The fourth-order valence-electron chi connectivity index (χ4n) is 2.52. The highest BCUT2D eigenvalue weighted by Crippen LogP contribution is 2.29. The minimum Gasteiger partial charge on any atom is -0.296 e. The summed E-state index contributed by atoms with van der Waals surface area (Å²) in [6, 6.07) is 14.5. The first-order valence-corrected chi connectivity index (χ1v) is 8.82. The summed E-state index contributed by atoms with van der Waals surface area (Å²) in [5.74, 6) is -1.88. The van der Waals surface area contributed by atoms with Crippen LogP contribution in [0, 0.1) is 11.6 Å². The average Bonchev–Trinajstić information content (AvgIpc) is 3.32. The number of amides is 1. The van der Waals surface area contributed by atoms with Gasteiger partial charge in [-0.05, 0) is 30.3 Å². The van der Waals surface area contributed by atoms with E-state index in [1.165, 1.54) is 11.4 Å². The lowest BCUT2D eigenvalue weighted by Gasteiger charge is -2.01. The van der Waals surface area contributed by atoms with E-state index in [-0.39, 0.29) is 22.1 Å². The summed E-state index contributed by atoms with van der Waals surface area (Å²) in [5, 5.41) is 8.55. The van der Waals surface area contributed by atoms with Crippen LogP contribution in [-0.4, -0.2) is 20.7 Å². The Balaban J connectivity index is 1.53. The number of carbonyl (C=O) groups is 1. The van der Waals surface area contributed by atoms with E-state index in [1.807, 2.05) is 30.3 Å². The zero-order valence-electron chi connectivity index (χ0n) is 13.8. The summed E-state index contributed by atoms with van der Waals surface area (Å²) >= 11 is 1.08. The van der Waals surface area contributed by atoms with Crippen LogP contribution in [0.4, 0.5) is 13.9 Å². The molecule has 8 heteroatoms. The van der Waals surface area contributed by atoms with Crippen LogP contribution in [0.25, 0.3) is 16.9 Å². The molecule has 0 aliphatic carbocycles. The van der Waals surface area contributed by atoms with Crippen molar-refractivity contribution < 1.29 is 13.6 Å². The van der Waals surface area contributed by atoms with E-state index in [9.17, 15) is 13.6 Å². The maximum atomic E-state index is 13.9. The van der Waals surface area contributed by atoms with Crippen LogP contribution in [0.1, 0.15) is 10.5 Å². The molecule has 0 spiro atoms. The number of para-hydroxylation sites is 1. The van der Waals surface area contributed by atoms with Gasteiger partial charge in [0.2, 0.25) is 0 Å². The number of thiazole rings is 1. The molecule has 0 aliphatic rings. The van der Waals surface area contributed by atoms with Gasteiger partial charge in [-0.25, -0.2) is 18.4 Å². The Morgan fingerprint density at radius 1 is 1.00 bits per heavy atom. The van der Waals surface area contributed by atoms with Crippen LogP contribution in [0.5, 0.6) is 0 Å². The Morgan fingerprint density at radius 2 is 1.74 bits per heavy atom. The van der Waals surface area contributed by atoms with E-state index < -0.39 is 17.5 Å². The molecule has 0 atom stereocenters. The number of halogens is 2. The van der Waals surface area contributed by atoms with E-state index in [2.05, 4.69) is 15.4 Å². The Morgan fingerprint density at radius 3 is 2.48 bits per heavy atom. The Labute approximate surface area is 156 Å². The standard InChI is InChI=1S/C19H12F2N4OS/c20-13-7-4-8-14(21)17(13)16-11-27-19(22-16)23-18(26)15-9-10-25(24-15)12-5-2-1-3-6-12/h1-11H,(H,22,23,26). The second-order valence-electron chi connectivity index (χ2n) is 5.57. The van der Waals surface area contributed by atoms with Crippen molar-refractivity contribution in [2.24, 2.45) is 0 Å². The largest absolute Gasteiger partial charge is 0.296 e. The fraction of sp³-hybridized carbons (Fsp3) is 0. The summed E-state index contributed by atoms with van der Waals surface area (Å²) < 4.78 is 29.3. The molecule has 0 unspecified atom stereocenters. The highest BCUT2D eigenvalue weighted by atomic mass is 32.1. The van der Waals surface area contributed by atoms with Gasteiger partial charge in [0.15, 0.2) is 10.8 Å². The molecular weight excluding hydrogens is 370 g/mol. The molecule has 1 amide bonds. The molecule has 134 valence electrons. The first-order chi connectivity index (χ1) is 13.1. The average molecular weight is 382 g/mol. The van der Waals surface area contributed by atoms with Crippen molar-refractivity contribution in [3.05, 3.63) is 83.5 Å². The third-order valence-corrected chi connectivity index (χ3v) is 4.54. The molecule has 4 rings (SSSR count). The Hall–Kier alpha value is -3.39. The molecule has 2 aromatic heterocycles. The summed E-state index contributed by atoms with van der Waals surface area (Å²) in [7, 11) is 0. The third-order valence-electron chi connectivity index (χ3n) is 3.79. The Bertz CT molecular complexity index is 1090. The van der Waals surface area contributed by atoms with Gasteiger partial charge in [-0.1, -0.05) is 24.3 Å². The number of nitrogens with one attached hydrogen (secondary N) is 1. The number of anilines is 1. The summed E-state index contributed by atoms with van der Waals surface area (Å²) in [6.45, 7) is 0. The van der Waals surface area contributed by atoms with Crippen LogP contribution in [0.15, 0.2) is 66.2 Å². The SMILES string of the molecule is O=C(Nc1nc(-c2c(F)cccc2F)cs1)c1ccn(-c2ccccc2)n1. The van der Waals surface area contributed by atoms with E-state index in [1.54, 1.807) is 16.9 Å². The molecule has 0 fully saturated rings. The summed E-state index contributed by atoms with van der Waals surface area (Å²) in [5.41, 5.74) is 0.930. The van der Waals surface area contributed by atoms with Crippen molar-refractivity contribution in [3.8, 4) is 16.9 Å². The molecule has 0 aliphatic heterocycles. The summed E-state index contributed by atoms with van der Waals surface area (Å²) in [4.78, 5) is 16.5. The van der Waals surface area contributed by atoms with Crippen LogP contribution in [-0.2, 0) is 0 Å². The van der Waals surface area contributed by atoms with Gasteiger partial charge >= 0.3 is 0 Å². The number of benzene rings is 2. The lowest BCUT2D eigenvalue weighted by Crippen LogP contribution is -2.13. The van der Waals surface area contributed by atoms with Gasteiger partial charge in [0, 0.05) is 11.6 Å². The molecule has 5 nitrogen and oxygen atoms in total. The van der Waals surface area contributed by atoms with Gasteiger partial charge in [-0.2, -0.15) is 5.10 Å². The number of nitrogens with zero attached hydrogens (tertiary/aromatic N) is 3. The molecular formula is C19H12F2N4OS. The normalized spacial score (nSPS) is 10.7. The van der Waals surface area contributed by atoms with Crippen LogP contribution in [0.3, 0.4) is 0 Å². The monoisotopic (exact) mass is 382 g/mol. The highest BCUT2D eigenvalue weighted by molar-refractivity contribution is 7.14. The number of hydrogen-bond donors (Lipinski definition) is 1. The lowest BCUT2D eigenvalue weighted by atomic mass is 10.1. The Kier molecular flexibility index (Phi) is 4.47. The number of aromatic nitrogens is 3. The van der Waals surface area contributed by atoms with Gasteiger partial charge in [-0.15, -0.1) is 11.3 Å². The van der Waals surface area contributed by atoms with Crippen LogP contribution in [0.2, 0.25) is 0 Å². The molecule has 0 saturated carbocycles. The van der Waals surface area contributed by atoms with Crippen molar-refractivity contribution in [3.63, 3.8) is 0 Å². The van der Waals surface area contributed by atoms with E-state index in [0.29, 0.717) is 0 Å². The second kappa shape index (κ2) is 7.08. The number of hydrogen-bond acceptors (Lipinski definition) is 4. The van der Waals surface area contributed by atoms with Crippen LogP contribution < -0.4 is 5.32 Å². The van der Waals surface area contributed by atoms with Crippen molar-refractivity contribution in [1.29, 1.82) is 0 Å². The molecule has 1 N–H and O–H groups in total. The zero-order valence-corrected chi connectivity index (χ0v) is 14.6. The van der Waals surface area contributed by atoms with E-state index >= 15 is 0 Å². The maximum Gasteiger partial charge on any atom is 0.277 e. The molecule has 0 radical (unpaired) electrons. The highest BCUT2D eigenvalue weighted by Gasteiger charge is 2.17. The molecule has 2 heterocycles. The number of rotatable bonds is 4. The quantitative estimate of drug-likeness (QED) is 0.564. The lowest BCUT2D eigenvalue weighted by molar-refractivity contribution is 0.102. The van der Waals surface area contributed by atoms with Gasteiger partial charge in [0.05, 0.1) is 16.9 Å². The van der Waals surface area contributed by atoms with E-state index in [4.69, 9.17) is 0 Å². The first-order valence-electron chi connectivity index (χ1n) is 7.94. The first kappa shape index (κ1) is 17.0. The van der Waals surface area contributed by atoms with Crippen molar-refractivity contribution >= 4 is 22.4 Å². The minimum atomic E-state index is -0.709. The molecule has 4 aromatic rings. The van der Waals surface area contributed by atoms with Gasteiger partial charge in [-0.3, -0.25) is 10.1 Å². The molecule has 0 bridgehead atoms. The second-order valence-corrected chi connectivity index (χ2v) is 6.43. The predicted octanol–water partition coefficient (Wildman–Crippen LogP) is 4.53. The van der Waals surface area contributed by atoms with Crippen molar-refractivity contribution in [2.45, 2.75) is 0 Å². The van der Waals surface area contributed by atoms with Crippen molar-refractivity contribution in [2.75, 3.05) is 5.32 Å².